The number of aliphatic hydroxyl groups is 1. The largest absolute Gasteiger partial charge is 0.497 e. The van der Waals surface area contributed by atoms with Gasteiger partial charge in [-0.25, -0.2) is 0 Å². The van der Waals surface area contributed by atoms with Crippen LogP contribution in [0.25, 0.3) is 0 Å². The summed E-state index contributed by atoms with van der Waals surface area (Å²) in [6, 6.07) is 5.62. The molecule has 2 atom stereocenters. The molecule has 0 spiro atoms. The molecule has 0 bridgehead atoms. The summed E-state index contributed by atoms with van der Waals surface area (Å²) in [6.07, 6.45) is 2.05. The summed E-state index contributed by atoms with van der Waals surface area (Å²) in [5, 5.41) is 10.2. The molecule has 1 saturated heterocycles. The third kappa shape index (κ3) is 5.68. The van der Waals surface area contributed by atoms with Gasteiger partial charge in [-0.05, 0) is 43.5 Å². The summed E-state index contributed by atoms with van der Waals surface area (Å²) < 4.78 is 16.2. The smallest absolute Gasteiger partial charge is 0.124 e. The van der Waals surface area contributed by atoms with Gasteiger partial charge in [0.25, 0.3) is 0 Å². The predicted octanol–water partition coefficient (Wildman–Crippen LogP) is 2.31. The van der Waals surface area contributed by atoms with Gasteiger partial charge in [-0.3, -0.25) is 0 Å². The van der Waals surface area contributed by atoms with Crippen LogP contribution in [0, 0.1) is 5.92 Å². The molecule has 1 aliphatic rings. The number of likely N-dealkylation sites (tertiary alicyclic amines) is 1. The highest BCUT2D eigenvalue weighted by molar-refractivity contribution is 5.39. The summed E-state index contributed by atoms with van der Waals surface area (Å²) in [5.74, 6) is 2.26. The molecule has 1 fully saturated rings. The van der Waals surface area contributed by atoms with Gasteiger partial charge in [-0.1, -0.05) is 6.92 Å². The number of nitrogens with zero attached hydrogens (tertiary/aromatic N) is 1. The van der Waals surface area contributed by atoms with E-state index in [9.17, 15) is 5.11 Å². The minimum Gasteiger partial charge on any atom is -0.497 e. The van der Waals surface area contributed by atoms with Crippen LogP contribution >= 0.6 is 0 Å². The van der Waals surface area contributed by atoms with Crippen LogP contribution in [0.1, 0.15) is 25.3 Å². The first-order chi connectivity index (χ1) is 11.1. The van der Waals surface area contributed by atoms with E-state index in [0.717, 1.165) is 36.1 Å². The van der Waals surface area contributed by atoms with Gasteiger partial charge in [-0.15, -0.1) is 0 Å². The van der Waals surface area contributed by atoms with Gasteiger partial charge < -0.3 is 24.2 Å². The molecule has 1 heterocycles. The third-order valence-electron chi connectivity index (χ3n) is 4.27. The molecular formula is C18H29NO4. The highest BCUT2D eigenvalue weighted by Gasteiger charge is 2.19. The lowest BCUT2D eigenvalue weighted by Crippen LogP contribution is -2.40. The van der Waals surface area contributed by atoms with Gasteiger partial charge in [0.05, 0.1) is 33.5 Å². The summed E-state index contributed by atoms with van der Waals surface area (Å²) in [4.78, 5) is 2.33. The molecule has 0 aromatic heterocycles. The fourth-order valence-corrected chi connectivity index (χ4v) is 3.10. The summed E-state index contributed by atoms with van der Waals surface area (Å²) in [6.45, 7) is 5.81. The van der Waals surface area contributed by atoms with Crippen LogP contribution in [0.2, 0.25) is 0 Å². The van der Waals surface area contributed by atoms with Gasteiger partial charge in [-0.2, -0.15) is 0 Å². The van der Waals surface area contributed by atoms with E-state index in [1.807, 2.05) is 18.2 Å². The molecule has 2 rings (SSSR count). The van der Waals surface area contributed by atoms with Crippen molar-refractivity contribution >= 4 is 0 Å². The second-order valence-corrected chi connectivity index (χ2v) is 6.35. The van der Waals surface area contributed by atoms with E-state index in [2.05, 4.69) is 11.8 Å². The van der Waals surface area contributed by atoms with Crippen LogP contribution < -0.4 is 9.47 Å². The molecule has 5 heteroatoms. The second kappa shape index (κ2) is 9.11. The SMILES string of the molecule is COc1ccc(OC)c(COC[C@@H](O)CN2CCC[C@@H](C)C2)c1. The van der Waals surface area contributed by atoms with Crippen molar-refractivity contribution in [2.45, 2.75) is 32.5 Å². The lowest BCUT2D eigenvalue weighted by molar-refractivity contribution is 0.00330. The normalized spacial score (nSPS) is 20.3. The topological polar surface area (TPSA) is 51.2 Å². The Balaban J connectivity index is 1.77. The van der Waals surface area contributed by atoms with E-state index in [1.54, 1.807) is 14.2 Å². The van der Waals surface area contributed by atoms with Crippen molar-refractivity contribution < 1.29 is 19.3 Å². The predicted molar refractivity (Wildman–Crippen MR) is 90.0 cm³/mol. The Labute approximate surface area is 139 Å². The molecule has 0 saturated carbocycles. The Morgan fingerprint density at radius 2 is 2.13 bits per heavy atom. The zero-order chi connectivity index (χ0) is 16.7. The molecule has 1 N–H and O–H groups in total. The van der Waals surface area contributed by atoms with Crippen LogP contribution in [0.3, 0.4) is 0 Å². The van der Waals surface area contributed by atoms with Crippen molar-refractivity contribution in [2.75, 3.05) is 40.5 Å². The van der Waals surface area contributed by atoms with E-state index in [4.69, 9.17) is 14.2 Å². The van der Waals surface area contributed by atoms with Crippen LogP contribution in [0.5, 0.6) is 11.5 Å². The Kier molecular flexibility index (Phi) is 7.15. The minimum absolute atomic E-state index is 0.325. The molecule has 0 aliphatic carbocycles. The van der Waals surface area contributed by atoms with Gasteiger partial charge >= 0.3 is 0 Å². The molecule has 0 radical (unpaired) electrons. The average molecular weight is 323 g/mol. The fraction of sp³-hybridized carbons (Fsp3) is 0.667. The second-order valence-electron chi connectivity index (χ2n) is 6.35. The molecular weight excluding hydrogens is 294 g/mol. The number of hydrogen-bond donors (Lipinski definition) is 1. The molecule has 1 aliphatic heterocycles. The number of piperidine rings is 1. The van der Waals surface area contributed by atoms with Crippen LogP contribution in [0.15, 0.2) is 18.2 Å². The standard InChI is InChI=1S/C18H29NO4/c1-14-5-4-8-19(10-14)11-16(20)13-23-12-15-9-17(21-2)6-7-18(15)22-3/h6-7,9,14,16,20H,4-5,8,10-13H2,1-3H3/t14-,16+/m1/s1. The Bertz CT molecular complexity index is 480. The molecule has 0 unspecified atom stereocenters. The van der Waals surface area contributed by atoms with Crippen molar-refractivity contribution in [3.63, 3.8) is 0 Å². The average Bonchev–Trinajstić information content (AvgIpc) is 2.54. The van der Waals surface area contributed by atoms with Crippen molar-refractivity contribution in [3.05, 3.63) is 23.8 Å². The van der Waals surface area contributed by atoms with E-state index in [-0.39, 0.29) is 0 Å². The van der Waals surface area contributed by atoms with Crippen molar-refractivity contribution in [2.24, 2.45) is 5.92 Å². The first-order valence-corrected chi connectivity index (χ1v) is 8.31. The van der Waals surface area contributed by atoms with Crippen molar-refractivity contribution in [3.8, 4) is 11.5 Å². The van der Waals surface area contributed by atoms with Gasteiger partial charge in [0.2, 0.25) is 0 Å². The Morgan fingerprint density at radius 1 is 1.30 bits per heavy atom. The maximum Gasteiger partial charge on any atom is 0.124 e. The lowest BCUT2D eigenvalue weighted by atomic mass is 10.0. The summed E-state index contributed by atoms with van der Waals surface area (Å²) >= 11 is 0. The summed E-state index contributed by atoms with van der Waals surface area (Å²) in [7, 11) is 3.27. The van der Waals surface area contributed by atoms with E-state index in [1.165, 1.54) is 12.8 Å². The number of aliphatic hydroxyl groups excluding tert-OH is 1. The van der Waals surface area contributed by atoms with Crippen molar-refractivity contribution in [1.82, 2.24) is 4.90 Å². The fourth-order valence-electron chi connectivity index (χ4n) is 3.10. The lowest BCUT2D eigenvalue weighted by Gasteiger charge is -2.32. The molecule has 5 nitrogen and oxygen atoms in total. The van der Waals surface area contributed by atoms with Gasteiger partial charge in [0.1, 0.15) is 11.5 Å². The quantitative estimate of drug-likeness (QED) is 0.796. The Morgan fingerprint density at radius 3 is 2.83 bits per heavy atom. The van der Waals surface area contributed by atoms with E-state index < -0.39 is 6.10 Å². The number of hydrogen-bond acceptors (Lipinski definition) is 5. The maximum absolute atomic E-state index is 10.2. The number of rotatable bonds is 8. The Hall–Kier alpha value is -1.30. The third-order valence-corrected chi connectivity index (χ3v) is 4.27. The number of β-amino-alcohol motifs (C(OH)–C–C–N with tert-alkyl or cyclic N) is 1. The highest BCUT2D eigenvalue weighted by atomic mass is 16.5. The maximum atomic E-state index is 10.2. The number of ether oxygens (including phenoxy) is 3. The van der Waals surface area contributed by atoms with Gasteiger partial charge in [0.15, 0.2) is 0 Å². The van der Waals surface area contributed by atoms with Gasteiger partial charge in [0, 0.05) is 18.7 Å². The zero-order valence-corrected chi connectivity index (χ0v) is 14.5. The summed E-state index contributed by atoms with van der Waals surface area (Å²) in [5.41, 5.74) is 0.922. The minimum atomic E-state index is -0.461. The highest BCUT2D eigenvalue weighted by Crippen LogP contribution is 2.24. The monoisotopic (exact) mass is 323 g/mol. The first kappa shape index (κ1) is 18.0. The molecule has 0 amide bonds. The van der Waals surface area contributed by atoms with Crippen molar-refractivity contribution in [1.29, 1.82) is 0 Å². The first-order valence-electron chi connectivity index (χ1n) is 8.31. The van der Waals surface area contributed by atoms with Crippen LogP contribution in [-0.2, 0) is 11.3 Å². The van der Waals surface area contributed by atoms with E-state index in [0.29, 0.717) is 19.8 Å². The zero-order valence-electron chi connectivity index (χ0n) is 14.5. The van der Waals surface area contributed by atoms with Crippen LogP contribution in [0.4, 0.5) is 0 Å². The van der Waals surface area contributed by atoms with Crippen LogP contribution in [-0.4, -0.2) is 56.6 Å². The van der Waals surface area contributed by atoms with E-state index >= 15 is 0 Å². The molecule has 23 heavy (non-hydrogen) atoms. The number of methoxy groups -OCH3 is 2. The number of benzene rings is 1. The molecule has 130 valence electrons. The molecule has 1 aromatic rings. The molecule has 1 aromatic carbocycles.